The Morgan fingerprint density at radius 2 is 1.23 bits per heavy atom. The van der Waals surface area contributed by atoms with Crippen molar-refractivity contribution >= 4 is 108 Å². The van der Waals surface area contributed by atoms with Gasteiger partial charge in [-0.15, -0.1) is 0 Å². The molecular weight excluding hydrogens is 480 g/mol. The summed E-state index contributed by atoms with van der Waals surface area (Å²) in [5, 5.41) is 11.2. The first-order valence-corrected chi connectivity index (χ1v) is 10.1. The summed E-state index contributed by atoms with van der Waals surface area (Å²) in [4.78, 5) is 32.8. The molecule has 0 atom stereocenters. The number of rotatable bonds is 3. The molecule has 0 radical (unpaired) electrons. The van der Waals surface area contributed by atoms with Crippen molar-refractivity contribution in [2.24, 2.45) is 0 Å². The Hall–Kier alpha value is -1.40. The number of ketones is 2. The number of nitrogen functional groups attached to an aromatic ring is 2. The topological polar surface area (TPSA) is 238 Å². The van der Waals surface area contributed by atoms with Gasteiger partial charge in [-0.2, -0.15) is 16.8 Å². The second-order valence-corrected chi connectivity index (χ2v) is 8.52. The maximum absolute atomic E-state index is 12.9. The summed E-state index contributed by atoms with van der Waals surface area (Å²) in [6, 6.07) is 3.03. The number of carbonyl (C=O) groups excluding carboxylic acids is 2. The SMILES string of the molecule is Nc1c2c(c(N)c(S(=O)(=O)O)c1S(=O)(=O)O)C(=O)c1c(cccc1[N+](=O)[O-])C2=O.[NaH].[NaH]. The zero-order valence-corrected chi connectivity index (χ0v) is 15.4. The van der Waals surface area contributed by atoms with Crippen LogP contribution >= 0.6 is 0 Å². The van der Waals surface area contributed by atoms with Gasteiger partial charge in [0.2, 0.25) is 5.78 Å². The summed E-state index contributed by atoms with van der Waals surface area (Å²) < 4.78 is 65.6. The van der Waals surface area contributed by atoms with E-state index < -0.39 is 85.8 Å². The molecule has 13 nitrogen and oxygen atoms in total. The number of fused-ring (bicyclic) bond motifs is 2. The Bertz CT molecular complexity index is 1390. The predicted molar refractivity (Wildman–Crippen MR) is 109 cm³/mol. The average Bonchev–Trinajstić information content (AvgIpc) is 2.58. The molecule has 1 aliphatic rings. The molecule has 0 aromatic heterocycles. The number of nitrogens with two attached hydrogens (primary N) is 2. The van der Waals surface area contributed by atoms with Gasteiger partial charge in [-0.1, -0.05) is 6.07 Å². The van der Waals surface area contributed by atoms with Crippen LogP contribution in [0.1, 0.15) is 31.8 Å². The number of carbonyl (C=O) groups is 2. The average molecular weight is 491 g/mol. The number of nitrogens with zero attached hydrogens (tertiary/aromatic N) is 1. The molecule has 0 fully saturated rings. The molecule has 0 unspecified atom stereocenters. The molecule has 0 aliphatic heterocycles. The van der Waals surface area contributed by atoms with Crippen molar-refractivity contribution in [3.63, 3.8) is 0 Å². The Morgan fingerprint density at radius 3 is 1.61 bits per heavy atom. The van der Waals surface area contributed by atoms with Crippen LogP contribution in [0.3, 0.4) is 0 Å². The number of hydrogen-bond donors (Lipinski definition) is 4. The van der Waals surface area contributed by atoms with Crippen LogP contribution in [0.2, 0.25) is 0 Å². The molecule has 0 saturated heterocycles. The van der Waals surface area contributed by atoms with Gasteiger partial charge >= 0.3 is 59.1 Å². The van der Waals surface area contributed by atoms with Crippen molar-refractivity contribution in [1.29, 1.82) is 0 Å². The molecule has 31 heavy (non-hydrogen) atoms. The number of nitro groups is 1. The Morgan fingerprint density at radius 1 is 0.806 bits per heavy atom. The van der Waals surface area contributed by atoms with Crippen LogP contribution in [-0.4, -0.2) is 102 Å². The van der Waals surface area contributed by atoms with Crippen molar-refractivity contribution < 1.29 is 40.5 Å². The fourth-order valence-electron chi connectivity index (χ4n) is 3.10. The Kier molecular flexibility index (Phi) is 7.89. The van der Waals surface area contributed by atoms with Crippen molar-refractivity contribution in [2.75, 3.05) is 11.5 Å². The van der Waals surface area contributed by atoms with E-state index in [0.29, 0.717) is 0 Å². The van der Waals surface area contributed by atoms with E-state index in [1.807, 2.05) is 0 Å². The maximum atomic E-state index is 12.9. The quantitative estimate of drug-likeness (QED) is 0.110. The summed E-state index contributed by atoms with van der Waals surface area (Å²) in [5.41, 5.74) is 4.93. The second-order valence-electron chi connectivity index (χ2n) is 5.80. The van der Waals surface area contributed by atoms with Gasteiger partial charge < -0.3 is 11.5 Å². The van der Waals surface area contributed by atoms with Gasteiger partial charge in [-0.05, 0) is 6.07 Å². The summed E-state index contributed by atoms with van der Waals surface area (Å²) in [6.07, 6.45) is 0. The third-order valence-corrected chi connectivity index (χ3v) is 6.17. The van der Waals surface area contributed by atoms with E-state index in [0.717, 1.165) is 18.2 Å². The summed E-state index contributed by atoms with van der Waals surface area (Å²) in [5.74, 6) is -2.47. The third-order valence-electron chi connectivity index (χ3n) is 4.17. The van der Waals surface area contributed by atoms with Gasteiger partial charge in [0, 0.05) is 11.6 Å². The number of nitro benzene ring substituents is 1. The molecular formula is C14H11N3Na2O10S2. The fraction of sp³-hybridized carbons (Fsp3) is 0. The number of benzene rings is 2. The van der Waals surface area contributed by atoms with Gasteiger partial charge in [0.1, 0.15) is 15.4 Å². The first-order valence-electron chi connectivity index (χ1n) is 7.26. The third kappa shape index (κ3) is 4.30. The molecule has 0 heterocycles. The first-order chi connectivity index (χ1) is 13.2. The van der Waals surface area contributed by atoms with Crippen LogP contribution in [0.5, 0.6) is 0 Å². The van der Waals surface area contributed by atoms with E-state index in [4.69, 9.17) is 11.5 Å². The molecule has 156 valence electrons. The van der Waals surface area contributed by atoms with E-state index in [2.05, 4.69) is 0 Å². The molecule has 17 heteroatoms. The number of hydrogen-bond acceptors (Lipinski definition) is 10. The molecule has 2 aromatic rings. The van der Waals surface area contributed by atoms with Crippen LogP contribution < -0.4 is 11.5 Å². The predicted octanol–water partition coefficient (Wildman–Crippen LogP) is -1.27. The van der Waals surface area contributed by atoms with Gasteiger partial charge in [0.05, 0.1) is 27.4 Å². The van der Waals surface area contributed by atoms with Gasteiger partial charge in [-0.3, -0.25) is 28.8 Å². The molecule has 0 spiro atoms. The normalized spacial score (nSPS) is 12.8. The zero-order chi connectivity index (χ0) is 22.0. The zero-order valence-electron chi connectivity index (χ0n) is 13.8. The fourth-order valence-corrected chi connectivity index (χ4v) is 5.18. The molecule has 0 bridgehead atoms. The van der Waals surface area contributed by atoms with E-state index >= 15 is 0 Å². The monoisotopic (exact) mass is 491 g/mol. The van der Waals surface area contributed by atoms with Crippen molar-refractivity contribution in [1.82, 2.24) is 0 Å². The Labute approximate surface area is 218 Å². The van der Waals surface area contributed by atoms with Crippen molar-refractivity contribution in [3.8, 4) is 0 Å². The summed E-state index contributed by atoms with van der Waals surface area (Å²) in [7, 11) is -10.9. The molecule has 3 rings (SSSR count). The standard InChI is InChI=1S/C14H9N3O10S2.2Na.2H/c15-9-7-8(10(16)14(29(25,26)27)13(9)28(22,23)24)12(19)6-4(11(7)18)2-1-3-5(6)17(20)21;;;;/h1-3H,15-16H2,(H,22,23,24)(H,25,26,27);;;;. The van der Waals surface area contributed by atoms with Crippen molar-refractivity contribution in [2.45, 2.75) is 9.79 Å². The van der Waals surface area contributed by atoms with Gasteiger partial charge in [0.15, 0.2) is 5.78 Å². The van der Waals surface area contributed by atoms with Crippen LogP contribution in [0.25, 0.3) is 0 Å². The molecule has 0 amide bonds. The first kappa shape index (κ1) is 27.6. The minimum atomic E-state index is -5.49. The van der Waals surface area contributed by atoms with Crippen LogP contribution in [-0.2, 0) is 20.2 Å². The summed E-state index contributed by atoms with van der Waals surface area (Å²) >= 11 is 0. The van der Waals surface area contributed by atoms with Crippen molar-refractivity contribution in [3.05, 3.63) is 50.6 Å². The van der Waals surface area contributed by atoms with E-state index in [1.54, 1.807) is 0 Å². The molecule has 6 N–H and O–H groups in total. The van der Waals surface area contributed by atoms with E-state index in [9.17, 15) is 45.6 Å². The summed E-state index contributed by atoms with van der Waals surface area (Å²) in [6.45, 7) is 0. The molecule has 1 aliphatic carbocycles. The van der Waals surface area contributed by atoms with E-state index in [1.165, 1.54) is 0 Å². The number of anilines is 2. The van der Waals surface area contributed by atoms with Crippen LogP contribution in [0.15, 0.2) is 28.0 Å². The van der Waals surface area contributed by atoms with Crippen LogP contribution in [0.4, 0.5) is 17.1 Å². The molecule has 2 aromatic carbocycles. The Balaban J connectivity index is 0.00000240. The van der Waals surface area contributed by atoms with Gasteiger partial charge in [0.25, 0.3) is 25.9 Å². The van der Waals surface area contributed by atoms with Gasteiger partial charge in [-0.25, -0.2) is 0 Å². The minimum absolute atomic E-state index is 0. The van der Waals surface area contributed by atoms with Crippen LogP contribution in [0, 0.1) is 10.1 Å². The second kappa shape index (κ2) is 8.86. The van der Waals surface area contributed by atoms with E-state index in [-0.39, 0.29) is 59.1 Å². The molecule has 0 saturated carbocycles.